The molecule has 0 radical (unpaired) electrons. The fraction of sp³-hybridized carbons (Fsp3) is 0.957. The van der Waals surface area contributed by atoms with Crippen LogP contribution in [-0.4, -0.2) is 191 Å². The van der Waals surface area contributed by atoms with Crippen molar-refractivity contribution in [2.24, 2.45) is 45.3 Å². The van der Waals surface area contributed by atoms with E-state index >= 15 is 0 Å². The zero-order valence-corrected chi connectivity index (χ0v) is 39.3. The molecule has 25 atom stereocenters. The van der Waals surface area contributed by atoms with E-state index in [9.17, 15) is 61.3 Å². The lowest BCUT2D eigenvalue weighted by atomic mass is 9.34. The third-order valence-electron chi connectivity index (χ3n) is 18.3. The Kier molecular flexibility index (Phi) is 15.1. The predicted molar refractivity (Wildman–Crippen MR) is 229 cm³/mol. The minimum Gasteiger partial charge on any atom is -0.394 e. The molecule has 0 spiro atoms. The molecule has 3 aliphatic heterocycles. The first-order valence-corrected chi connectivity index (χ1v) is 23.9. The van der Waals surface area contributed by atoms with E-state index in [1.807, 2.05) is 34.6 Å². The maximum Gasteiger partial charge on any atom is 0.187 e. The number of rotatable bonds is 12. The van der Waals surface area contributed by atoms with E-state index in [1.54, 1.807) is 0 Å². The standard InChI is InChI=1S/C47H80O18/c1-21(2)10-9-13-47(8,65-41-37(59)34(56)32(54)26(18-48)62-41)22-11-15-45(6)30(22)23(50)16-28-44(5)14-12-29(52)43(3,4)39(44)25(17-46(28,45)7)61-42-38(35(57)33(55)27(19-49)63-42)64-40-36(58)31(53)24(51)20-60-40/h10,22-42,48-59H,9,11-20H2,1-8H3/t22-,23+,24+,25-,26+,27+,28+,29-,30?,31-,32+,33+,34-,35-,36+,37+,38+,39-,40-,41-,42+,44+,45+,46+,47-/m0/s1. The SMILES string of the molecule is CC(C)=CCC[C@](C)(O[C@@H]1O[C@H](CO)[C@@H](O)[C@H](O)[C@H]1O)[C@H]1CC[C@]2(C)C1[C@H](O)C[C@@H]1[C@@]3(C)CC[C@H](O)C(C)(C)[C@@H]3[C@@H](O[C@@H]3O[C@H](CO)[C@@H](O)[C@H](O)[C@H]3O[C@@H]3OC[C@@H](O)[C@H](O)[C@H]3O)C[C@]12C. The van der Waals surface area contributed by atoms with Crippen LogP contribution in [0.5, 0.6) is 0 Å². The van der Waals surface area contributed by atoms with Crippen LogP contribution in [0.3, 0.4) is 0 Å². The number of fused-ring (bicyclic) bond motifs is 5. The third-order valence-corrected chi connectivity index (χ3v) is 18.3. The lowest BCUT2D eigenvalue weighted by molar-refractivity contribution is -0.377. The Morgan fingerprint density at radius 2 is 1.31 bits per heavy atom. The highest BCUT2D eigenvalue weighted by Crippen LogP contribution is 2.76. The van der Waals surface area contributed by atoms with Crippen LogP contribution in [0.25, 0.3) is 0 Å². The number of hydrogen-bond acceptors (Lipinski definition) is 18. The fourth-order valence-electron chi connectivity index (χ4n) is 14.6. The van der Waals surface area contributed by atoms with Crippen LogP contribution in [0.2, 0.25) is 0 Å². The maximum absolute atomic E-state index is 12.7. The summed E-state index contributed by atoms with van der Waals surface area (Å²) in [7, 11) is 0. The van der Waals surface area contributed by atoms with E-state index in [2.05, 4.69) is 26.8 Å². The van der Waals surface area contributed by atoms with Gasteiger partial charge in [-0.05, 0) is 117 Å². The average molecular weight is 933 g/mol. The summed E-state index contributed by atoms with van der Waals surface area (Å²) in [5.41, 5.74) is -2.41. The summed E-state index contributed by atoms with van der Waals surface area (Å²) in [5, 5.41) is 131. The van der Waals surface area contributed by atoms with Crippen molar-refractivity contribution in [1.82, 2.24) is 0 Å². The minimum absolute atomic E-state index is 0.0828. The molecule has 4 aliphatic carbocycles. The lowest BCUT2D eigenvalue weighted by Gasteiger charge is -2.72. The van der Waals surface area contributed by atoms with E-state index in [-0.39, 0.29) is 30.3 Å². The van der Waals surface area contributed by atoms with Crippen molar-refractivity contribution in [3.63, 3.8) is 0 Å². The molecule has 0 aromatic carbocycles. The maximum atomic E-state index is 12.7. The number of hydrogen-bond donors (Lipinski definition) is 12. The first-order valence-electron chi connectivity index (χ1n) is 23.9. The Morgan fingerprint density at radius 3 is 1.94 bits per heavy atom. The first kappa shape index (κ1) is 51.9. The Labute approximate surface area is 382 Å². The smallest absolute Gasteiger partial charge is 0.187 e. The number of aliphatic hydroxyl groups is 12. The van der Waals surface area contributed by atoms with E-state index in [1.165, 1.54) is 0 Å². The first-order chi connectivity index (χ1) is 30.3. The average Bonchev–Trinajstić information content (AvgIpc) is 3.63. The van der Waals surface area contributed by atoms with E-state index in [0.29, 0.717) is 51.4 Å². The Morgan fingerprint density at radius 1 is 0.692 bits per heavy atom. The largest absolute Gasteiger partial charge is 0.394 e. The molecule has 7 rings (SSSR count). The van der Waals surface area contributed by atoms with Crippen molar-refractivity contribution < 1.29 is 89.7 Å². The van der Waals surface area contributed by atoms with Gasteiger partial charge in [0.2, 0.25) is 0 Å². The van der Waals surface area contributed by atoms with Gasteiger partial charge in [-0.15, -0.1) is 0 Å². The molecular weight excluding hydrogens is 852 g/mol. The van der Waals surface area contributed by atoms with Crippen LogP contribution < -0.4 is 0 Å². The van der Waals surface area contributed by atoms with Gasteiger partial charge in [0.25, 0.3) is 0 Å². The molecule has 65 heavy (non-hydrogen) atoms. The summed E-state index contributed by atoms with van der Waals surface area (Å²) in [6.45, 7) is 15.0. The molecule has 0 bridgehead atoms. The van der Waals surface area contributed by atoms with E-state index in [4.69, 9.17) is 28.4 Å². The summed E-state index contributed by atoms with van der Waals surface area (Å²) in [5.74, 6) is -1.11. The number of aliphatic hydroxyl groups excluding tert-OH is 12. The molecule has 12 N–H and O–H groups in total. The molecule has 1 unspecified atom stereocenters. The molecule has 18 nitrogen and oxygen atoms in total. The summed E-state index contributed by atoms with van der Waals surface area (Å²) in [4.78, 5) is 0. The predicted octanol–water partition coefficient (Wildman–Crippen LogP) is -0.417. The van der Waals surface area contributed by atoms with Crippen molar-refractivity contribution >= 4 is 0 Å². The molecule has 7 aliphatic rings. The van der Waals surface area contributed by atoms with Gasteiger partial charge >= 0.3 is 0 Å². The normalized spacial score (nSPS) is 53.0. The second-order valence-electron chi connectivity index (χ2n) is 22.6. The van der Waals surface area contributed by atoms with Gasteiger partial charge in [-0.25, -0.2) is 0 Å². The molecule has 7 fully saturated rings. The minimum atomic E-state index is -1.73. The van der Waals surface area contributed by atoms with Crippen LogP contribution in [0, 0.1) is 45.3 Å². The molecule has 4 saturated carbocycles. The molecule has 18 heteroatoms. The quantitative estimate of drug-likeness (QED) is 0.0874. The van der Waals surface area contributed by atoms with E-state index in [0.717, 1.165) is 5.57 Å². The highest BCUT2D eigenvalue weighted by Gasteiger charge is 2.74. The van der Waals surface area contributed by atoms with Gasteiger partial charge in [-0.1, -0.05) is 46.3 Å². The molecule has 0 aromatic rings. The molecule has 0 aromatic heterocycles. The highest BCUT2D eigenvalue weighted by molar-refractivity contribution is 5.22. The van der Waals surface area contributed by atoms with Gasteiger partial charge < -0.3 is 89.7 Å². The van der Waals surface area contributed by atoms with E-state index < -0.39 is 145 Å². The molecule has 3 saturated heterocycles. The Bertz CT molecular complexity index is 1660. The summed E-state index contributed by atoms with van der Waals surface area (Å²) < 4.78 is 37.7. The van der Waals surface area contributed by atoms with Crippen LogP contribution in [-0.2, 0) is 28.4 Å². The van der Waals surface area contributed by atoms with Gasteiger partial charge in [-0.2, -0.15) is 0 Å². The van der Waals surface area contributed by atoms with Crippen molar-refractivity contribution in [3.8, 4) is 0 Å². The van der Waals surface area contributed by atoms with Gasteiger partial charge in [-0.3, -0.25) is 0 Å². The van der Waals surface area contributed by atoms with Crippen LogP contribution in [0.1, 0.15) is 107 Å². The van der Waals surface area contributed by atoms with Crippen molar-refractivity contribution in [2.45, 2.75) is 217 Å². The van der Waals surface area contributed by atoms with Gasteiger partial charge in [0.1, 0.15) is 67.1 Å². The summed E-state index contributed by atoms with van der Waals surface area (Å²) in [6, 6.07) is 0. The third kappa shape index (κ3) is 8.72. The summed E-state index contributed by atoms with van der Waals surface area (Å²) >= 11 is 0. The summed E-state index contributed by atoms with van der Waals surface area (Å²) in [6.07, 6.45) is -17.2. The van der Waals surface area contributed by atoms with Crippen LogP contribution >= 0.6 is 0 Å². The lowest BCUT2D eigenvalue weighted by Crippen LogP contribution is -2.71. The molecule has 376 valence electrons. The second-order valence-corrected chi connectivity index (χ2v) is 22.6. The Balaban J connectivity index is 1.27. The molecule has 3 heterocycles. The topological polar surface area (TPSA) is 298 Å². The zero-order valence-electron chi connectivity index (χ0n) is 39.3. The van der Waals surface area contributed by atoms with Gasteiger partial charge in [0.05, 0.1) is 43.7 Å². The van der Waals surface area contributed by atoms with Gasteiger partial charge in [0, 0.05) is 0 Å². The number of ether oxygens (including phenoxy) is 6. The number of allylic oxidation sites excluding steroid dienone is 2. The Hall–Kier alpha value is -0.980. The van der Waals surface area contributed by atoms with Crippen molar-refractivity contribution in [1.29, 1.82) is 0 Å². The van der Waals surface area contributed by atoms with Gasteiger partial charge in [0.15, 0.2) is 18.9 Å². The molecular formula is C47H80O18. The van der Waals surface area contributed by atoms with Crippen molar-refractivity contribution in [2.75, 3.05) is 19.8 Å². The fourth-order valence-corrected chi connectivity index (χ4v) is 14.6. The highest BCUT2D eigenvalue weighted by atomic mass is 16.8. The van der Waals surface area contributed by atoms with Crippen molar-refractivity contribution in [3.05, 3.63) is 11.6 Å². The monoisotopic (exact) mass is 933 g/mol. The molecule has 0 amide bonds. The zero-order chi connectivity index (χ0) is 47.9. The van der Waals surface area contributed by atoms with Crippen LogP contribution in [0.4, 0.5) is 0 Å². The second kappa shape index (κ2) is 19.0. The van der Waals surface area contributed by atoms with Crippen LogP contribution in [0.15, 0.2) is 11.6 Å².